The lowest BCUT2D eigenvalue weighted by molar-refractivity contribution is 0.0712. The van der Waals surface area contributed by atoms with E-state index < -0.39 is 10.0 Å². The normalized spacial score (nSPS) is 22.5. The molecule has 11 nitrogen and oxygen atoms in total. The summed E-state index contributed by atoms with van der Waals surface area (Å²) >= 11 is 0. The molecule has 0 spiro atoms. The average Bonchev–Trinajstić information content (AvgIpc) is 3.51. The molecule has 0 amide bonds. The van der Waals surface area contributed by atoms with E-state index in [1.165, 1.54) is 12.8 Å². The number of piperazine rings is 2. The second-order valence-corrected chi connectivity index (χ2v) is 11.8. The van der Waals surface area contributed by atoms with Gasteiger partial charge in [-0.05, 0) is 45.7 Å². The fraction of sp³-hybridized carbons (Fsp3) is 0.708. The monoisotopic (exact) mass is 518 g/mol. The van der Waals surface area contributed by atoms with Crippen LogP contribution < -0.4 is 9.80 Å². The van der Waals surface area contributed by atoms with Gasteiger partial charge in [0, 0.05) is 72.1 Å². The number of hydrogen-bond donors (Lipinski definition) is 0. The van der Waals surface area contributed by atoms with Crippen LogP contribution in [0, 0.1) is 13.8 Å². The molecule has 0 bridgehead atoms. The van der Waals surface area contributed by atoms with Gasteiger partial charge in [0.05, 0.1) is 17.5 Å². The van der Waals surface area contributed by atoms with Crippen LogP contribution in [0.4, 0.5) is 11.6 Å². The van der Waals surface area contributed by atoms with Crippen molar-refractivity contribution < 1.29 is 13.2 Å². The van der Waals surface area contributed by atoms with E-state index >= 15 is 0 Å². The molecule has 5 rings (SSSR count). The summed E-state index contributed by atoms with van der Waals surface area (Å²) < 4.78 is 35.8. The molecule has 0 aliphatic carbocycles. The zero-order valence-electron chi connectivity index (χ0n) is 21.6. The molecule has 0 N–H and O–H groups in total. The van der Waals surface area contributed by atoms with Crippen molar-refractivity contribution in [3.8, 4) is 0 Å². The van der Waals surface area contributed by atoms with Crippen molar-refractivity contribution in [3.05, 3.63) is 23.5 Å². The highest BCUT2D eigenvalue weighted by Crippen LogP contribution is 2.26. The average molecular weight is 519 g/mol. The minimum atomic E-state index is -3.58. The summed E-state index contributed by atoms with van der Waals surface area (Å²) in [7, 11) is -3.58. The molecular formula is C24H38N8O3S. The number of nitrogens with zero attached hydrogens (tertiary/aromatic N) is 8. The summed E-state index contributed by atoms with van der Waals surface area (Å²) in [5, 5.41) is 13.4. The van der Waals surface area contributed by atoms with Crippen molar-refractivity contribution in [1.29, 1.82) is 0 Å². The summed E-state index contributed by atoms with van der Waals surface area (Å²) in [6, 6.07) is 4.04. The molecule has 2 aromatic heterocycles. The Morgan fingerprint density at radius 3 is 2.06 bits per heavy atom. The number of hydrogen-bond acceptors (Lipinski definition) is 9. The van der Waals surface area contributed by atoms with E-state index in [9.17, 15) is 8.42 Å². The number of rotatable bonds is 7. The third kappa shape index (κ3) is 5.09. The van der Waals surface area contributed by atoms with Crippen LogP contribution in [0.15, 0.2) is 17.0 Å². The van der Waals surface area contributed by atoms with E-state index in [1.54, 1.807) is 15.9 Å². The molecule has 1 atom stereocenters. The van der Waals surface area contributed by atoms with Gasteiger partial charge in [-0.25, -0.2) is 8.42 Å². The molecule has 36 heavy (non-hydrogen) atoms. The van der Waals surface area contributed by atoms with Gasteiger partial charge in [-0.2, -0.15) is 9.40 Å². The lowest BCUT2D eigenvalue weighted by Gasteiger charge is -2.36. The van der Waals surface area contributed by atoms with Crippen LogP contribution in [0.5, 0.6) is 0 Å². The molecule has 3 aliphatic heterocycles. The SMILES string of the molecule is CCn1nc(C)c(S(=O)(=O)N2CCN(c3ccc(N4CCN(CC5CCCO5)CC4)nn3)CC2)c1C. The molecular weight excluding hydrogens is 480 g/mol. The lowest BCUT2D eigenvalue weighted by atomic mass is 10.2. The van der Waals surface area contributed by atoms with E-state index in [4.69, 9.17) is 4.74 Å². The molecule has 1 unspecified atom stereocenters. The first-order valence-electron chi connectivity index (χ1n) is 13.1. The van der Waals surface area contributed by atoms with Gasteiger partial charge in [-0.3, -0.25) is 9.58 Å². The standard InChI is InChI=1S/C24H38N8O3S/c1-4-32-20(3)24(19(2)27-32)36(33,34)31-15-13-30(14-16-31)23-8-7-22(25-26-23)29-11-9-28(10-12-29)18-21-6-5-17-35-21/h7-8,21H,4-6,9-18H2,1-3H3. The van der Waals surface area contributed by atoms with Crippen molar-refractivity contribution >= 4 is 21.7 Å². The summed E-state index contributed by atoms with van der Waals surface area (Å²) in [5.41, 5.74) is 1.26. The number of aromatic nitrogens is 4. The Labute approximate surface area is 214 Å². The Hall–Kier alpha value is -2.28. The molecule has 3 fully saturated rings. The van der Waals surface area contributed by atoms with E-state index in [2.05, 4.69) is 30.0 Å². The van der Waals surface area contributed by atoms with Gasteiger partial charge in [0.25, 0.3) is 0 Å². The molecule has 0 saturated carbocycles. The topological polar surface area (TPSA) is 99.9 Å². The zero-order chi connectivity index (χ0) is 25.3. The van der Waals surface area contributed by atoms with Crippen molar-refractivity contribution in [2.24, 2.45) is 0 Å². The number of anilines is 2. The van der Waals surface area contributed by atoms with Crippen LogP contribution in [-0.4, -0.2) is 109 Å². The minimum Gasteiger partial charge on any atom is -0.377 e. The predicted octanol–water partition coefficient (Wildman–Crippen LogP) is 1.12. The predicted molar refractivity (Wildman–Crippen MR) is 138 cm³/mol. The van der Waals surface area contributed by atoms with Gasteiger partial charge < -0.3 is 14.5 Å². The molecule has 0 aromatic carbocycles. The van der Waals surface area contributed by atoms with Crippen molar-refractivity contribution in [2.75, 3.05) is 75.3 Å². The van der Waals surface area contributed by atoms with Crippen molar-refractivity contribution in [1.82, 2.24) is 29.2 Å². The summed E-state index contributed by atoms with van der Waals surface area (Å²) in [4.78, 5) is 7.22. The summed E-state index contributed by atoms with van der Waals surface area (Å²) in [5.74, 6) is 1.69. The number of aryl methyl sites for hydroxylation is 2. The molecule has 3 aliphatic rings. The fourth-order valence-electron chi connectivity index (χ4n) is 5.54. The largest absolute Gasteiger partial charge is 0.377 e. The van der Waals surface area contributed by atoms with Crippen LogP contribution >= 0.6 is 0 Å². The van der Waals surface area contributed by atoms with Gasteiger partial charge in [0.15, 0.2) is 11.6 Å². The Morgan fingerprint density at radius 2 is 1.56 bits per heavy atom. The molecule has 5 heterocycles. The second kappa shape index (κ2) is 10.6. The van der Waals surface area contributed by atoms with Gasteiger partial charge in [-0.1, -0.05) is 0 Å². The van der Waals surface area contributed by atoms with E-state index in [0.717, 1.165) is 51.0 Å². The Morgan fingerprint density at radius 1 is 0.944 bits per heavy atom. The van der Waals surface area contributed by atoms with Crippen LogP contribution in [0.2, 0.25) is 0 Å². The maximum absolute atomic E-state index is 13.4. The highest BCUT2D eigenvalue weighted by Gasteiger charge is 2.33. The van der Waals surface area contributed by atoms with Gasteiger partial charge in [-0.15, -0.1) is 10.2 Å². The second-order valence-electron chi connectivity index (χ2n) is 9.88. The van der Waals surface area contributed by atoms with Gasteiger partial charge in [0.1, 0.15) is 4.90 Å². The van der Waals surface area contributed by atoms with E-state index in [0.29, 0.717) is 55.1 Å². The van der Waals surface area contributed by atoms with Crippen LogP contribution in [0.25, 0.3) is 0 Å². The van der Waals surface area contributed by atoms with Crippen LogP contribution in [0.3, 0.4) is 0 Å². The first kappa shape index (κ1) is 25.4. The molecule has 2 aromatic rings. The molecule has 198 valence electrons. The zero-order valence-corrected chi connectivity index (χ0v) is 22.5. The first-order chi connectivity index (χ1) is 17.4. The number of ether oxygens (including phenoxy) is 1. The summed E-state index contributed by atoms with van der Waals surface area (Å²) in [6.45, 7) is 14.0. The maximum Gasteiger partial charge on any atom is 0.246 e. The Balaban J connectivity index is 1.15. The smallest absolute Gasteiger partial charge is 0.246 e. The minimum absolute atomic E-state index is 0.345. The summed E-state index contributed by atoms with van der Waals surface area (Å²) in [6.07, 6.45) is 2.76. The number of sulfonamides is 1. The third-order valence-electron chi connectivity index (χ3n) is 7.59. The van der Waals surface area contributed by atoms with Crippen LogP contribution in [-0.2, 0) is 21.3 Å². The molecule has 12 heteroatoms. The Kier molecular flexibility index (Phi) is 7.47. The van der Waals surface area contributed by atoms with E-state index in [-0.39, 0.29) is 0 Å². The quantitative estimate of drug-likeness (QED) is 0.534. The van der Waals surface area contributed by atoms with Crippen LogP contribution in [0.1, 0.15) is 31.2 Å². The lowest BCUT2D eigenvalue weighted by Crippen LogP contribution is -2.49. The van der Waals surface area contributed by atoms with Gasteiger partial charge in [0.2, 0.25) is 10.0 Å². The fourth-order valence-corrected chi connectivity index (χ4v) is 7.33. The third-order valence-corrected chi connectivity index (χ3v) is 9.75. The van der Waals surface area contributed by atoms with E-state index in [1.807, 2.05) is 26.0 Å². The van der Waals surface area contributed by atoms with Crippen molar-refractivity contribution in [2.45, 2.75) is 51.2 Å². The molecule has 3 saturated heterocycles. The first-order valence-corrected chi connectivity index (χ1v) is 14.5. The molecule has 0 radical (unpaired) electrons. The maximum atomic E-state index is 13.4. The van der Waals surface area contributed by atoms with Gasteiger partial charge >= 0.3 is 0 Å². The highest BCUT2D eigenvalue weighted by atomic mass is 32.2. The van der Waals surface area contributed by atoms with Crippen molar-refractivity contribution in [3.63, 3.8) is 0 Å². The Bertz CT molecular complexity index is 1130. The highest BCUT2D eigenvalue weighted by molar-refractivity contribution is 7.89.